The Kier molecular flexibility index (Phi) is 12.2. The summed E-state index contributed by atoms with van der Waals surface area (Å²) in [5, 5.41) is 0. The van der Waals surface area contributed by atoms with Crippen LogP contribution in [0.1, 0.15) is 13.8 Å². The molecule has 0 aromatic rings. The van der Waals surface area contributed by atoms with Crippen LogP contribution in [0, 0.1) is 5.92 Å². The summed E-state index contributed by atoms with van der Waals surface area (Å²) in [7, 11) is 0. The quantitative estimate of drug-likeness (QED) is 0.403. The van der Waals surface area contributed by atoms with Gasteiger partial charge in [-0.2, -0.15) is 26.3 Å². The average Bonchev–Trinajstić information content (AvgIpc) is 2.24. The van der Waals surface area contributed by atoms with Gasteiger partial charge in [-0.1, -0.05) is 13.0 Å². The lowest BCUT2D eigenvalue weighted by molar-refractivity contribution is -0.237. The van der Waals surface area contributed by atoms with E-state index in [0.29, 0.717) is 6.08 Å². The molecule has 134 valence electrons. The first-order valence-electron chi connectivity index (χ1n) is 5.21. The van der Waals surface area contributed by atoms with E-state index in [9.17, 15) is 48.3 Å². The summed E-state index contributed by atoms with van der Waals surface area (Å²) in [6.45, 7) is 3.84. The van der Waals surface area contributed by atoms with Gasteiger partial charge in [0.2, 0.25) is 0 Å². The molecule has 0 bridgehead atoms. The van der Waals surface area contributed by atoms with Gasteiger partial charge in [0, 0.05) is 5.57 Å². The first kappa shape index (κ1) is 25.7. The topological polar surface area (TPSA) is 0 Å². The summed E-state index contributed by atoms with van der Waals surface area (Å²) in [5.74, 6) is -1.39. The smallest absolute Gasteiger partial charge is 0.247 e. The van der Waals surface area contributed by atoms with Crippen LogP contribution in [0.3, 0.4) is 0 Å². The Balaban J connectivity index is -0.000000257. The first-order valence-corrected chi connectivity index (χ1v) is 5.21. The Labute approximate surface area is 119 Å². The molecule has 0 radical (unpaired) electrons. The largest absolute Gasteiger partial charge is 0.559 e. The predicted molar refractivity (Wildman–Crippen MR) is 58.4 cm³/mol. The molecular formula is C11H13F11. The molecule has 0 aromatic heterocycles. The summed E-state index contributed by atoms with van der Waals surface area (Å²) < 4.78 is 118. The third-order valence-electron chi connectivity index (χ3n) is 1.70. The molecule has 11 heteroatoms. The highest BCUT2D eigenvalue weighted by Crippen LogP contribution is 2.25. The minimum absolute atomic E-state index is 0.500. The summed E-state index contributed by atoms with van der Waals surface area (Å²) in [5.41, 5.74) is -0.884. The maximum atomic E-state index is 11.4. The lowest BCUT2D eigenvalue weighted by atomic mass is 10.2. The summed E-state index contributed by atoms with van der Waals surface area (Å²) in [6, 6.07) is 0. The van der Waals surface area contributed by atoms with Crippen LogP contribution in [0.4, 0.5) is 48.3 Å². The van der Waals surface area contributed by atoms with E-state index in [4.69, 9.17) is 0 Å². The van der Waals surface area contributed by atoms with Gasteiger partial charge in [0.15, 0.2) is 0 Å². The van der Waals surface area contributed by atoms with Crippen molar-refractivity contribution in [1.82, 2.24) is 0 Å². The van der Waals surface area contributed by atoms with Crippen molar-refractivity contribution >= 4 is 0 Å². The van der Waals surface area contributed by atoms with Crippen molar-refractivity contribution in [3.05, 3.63) is 24.3 Å². The molecular weight excluding hydrogens is 341 g/mol. The maximum Gasteiger partial charge on any atom is 0.559 e. The number of halogens is 11. The Morgan fingerprint density at radius 3 is 1.32 bits per heavy atom. The lowest BCUT2D eigenvalue weighted by Gasteiger charge is -2.08. The van der Waals surface area contributed by atoms with Crippen LogP contribution in [0.2, 0.25) is 0 Å². The van der Waals surface area contributed by atoms with Gasteiger partial charge in [-0.15, -0.1) is 24.1 Å². The van der Waals surface area contributed by atoms with Gasteiger partial charge in [0.25, 0.3) is 0 Å². The molecule has 0 aliphatic heterocycles. The average molecular weight is 354 g/mol. The minimum Gasteiger partial charge on any atom is -0.247 e. The highest BCUT2D eigenvalue weighted by Gasteiger charge is 2.33. The van der Waals surface area contributed by atoms with Crippen molar-refractivity contribution in [2.45, 2.75) is 32.6 Å². The number of alkyl halides is 11. The third kappa shape index (κ3) is 23.8. The van der Waals surface area contributed by atoms with E-state index in [-0.39, 0.29) is 0 Å². The summed E-state index contributed by atoms with van der Waals surface area (Å²) >= 11 is 0. The monoisotopic (exact) mass is 354 g/mol. The fourth-order valence-electron chi connectivity index (χ4n) is 0.365. The van der Waals surface area contributed by atoms with E-state index in [1.807, 2.05) is 0 Å². The van der Waals surface area contributed by atoms with Crippen molar-refractivity contribution in [3.63, 3.8) is 0 Å². The van der Waals surface area contributed by atoms with Crippen molar-refractivity contribution in [3.8, 4) is 0 Å². The number of rotatable bonds is 2. The molecule has 0 fully saturated rings. The van der Waals surface area contributed by atoms with Crippen molar-refractivity contribution in [2.75, 3.05) is 6.67 Å². The SMILES string of the molecule is C=CC(C)C(F)(F)F.CC(=CCF)C(F)(F)F.FC(F)(F)F. The molecule has 0 rings (SSSR count). The number of hydrogen-bond acceptors (Lipinski definition) is 0. The van der Waals surface area contributed by atoms with Crippen LogP contribution in [0.5, 0.6) is 0 Å². The summed E-state index contributed by atoms with van der Waals surface area (Å²) in [4.78, 5) is 0. The molecule has 0 amide bonds. The molecule has 0 aliphatic carbocycles. The standard InChI is InChI=1S/C5H6F4.C5H7F3.CF4/c1-4(2-3-6)5(7,8)9;1-3-4(2)5(6,7)8;2-1(3,4)5/h2H,3H2,1H3;3-4H,1H2,2H3;. The maximum absolute atomic E-state index is 11.4. The Morgan fingerprint density at radius 1 is 0.955 bits per heavy atom. The molecule has 0 N–H and O–H groups in total. The Hall–Kier alpha value is -1.29. The second-order valence-electron chi connectivity index (χ2n) is 3.53. The van der Waals surface area contributed by atoms with Gasteiger partial charge in [-0.3, -0.25) is 0 Å². The van der Waals surface area contributed by atoms with Crippen LogP contribution in [-0.2, 0) is 0 Å². The fraction of sp³-hybridized carbons (Fsp3) is 0.636. The third-order valence-corrected chi connectivity index (χ3v) is 1.70. The highest BCUT2D eigenvalue weighted by molar-refractivity contribution is 5.04. The molecule has 1 atom stereocenters. The van der Waals surface area contributed by atoms with Gasteiger partial charge in [-0.05, 0) is 13.0 Å². The van der Waals surface area contributed by atoms with E-state index in [1.54, 1.807) is 0 Å². The zero-order valence-electron chi connectivity index (χ0n) is 11.3. The summed E-state index contributed by atoms with van der Waals surface area (Å²) in [6.07, 6.45) is -12.6. The first-order chi connectivity index (χ1) is 9.46. The van der Waals surface area contributed by atoms with Crippen LogP contribution in [0.25, 0.3) is 0 Å². The fourth-order valence-corrected chi connectivity index (χ4v) is 0.365. The van der Waals surface area contributed by atoms with Gasteiger partial charge in [-0.25, -0.2) is 4.39 Å². The van der Waals surface area contributed by atoms with Gasteiger partial charge in [0.05, 0.1) is 5.92 Å². The van der Waals surface area contributed by atoms with E-state index in [1.165, 1.54) is 0 Å². The van der Waals surface area contributed by atoms with E-state index in [2.05, 4.69) is 6.58 Å². The lowest BCUT2D eigenvalue weighted by Crippen LogP contribution is -2.16. The second kappa shape index (κ2) is 10.4. The van der Waals surface area contributed by atoms with E-state index in [0.717, 1.165) is 19.9 Å². The van der Waals surface area contributed by atoms with E-state index >= 15 is 0 Å². The molecule has 1 unspecified atom stereocenters. The van der Waals surface area contributed by atoms with Crippen LogP contribution in [0.15, 0.2) is 24.3 Å². The number of hydrogen-bond donors (Lipinski definition) is 0. The van der Waals surface area contributed by atoms with Crippen LogP contribution in [-0.4, -0.2) is 25.5 Å². The van der Waals surface area contributed by atoms with Crippen LogP contribution < -0.4 is 0 Å². The molecule has 0 spiro atoms. The van der Waals surface area contributed by atoms with E-state index < -0.39 is 36.9 Å². The molecule has 0 aromatic carbocycles. The molecule has 0 aliphatic rings. The van der Waals surface area contributed by atoms with Gasteiger partial charge in [0.1, 0.15) is 6.67 Å². The normalized spacial score (nSPS) is 14.1. The highest BCUT2D eigenvalue weighted by atomic mass is 19.5. The van der Waals surface area contributed by atoms with Gasteiger partial charge >= 0.3 is 18.8 Å². The second-order valence-corrected chi connectivity index (χ2v) is 3.53. The predicted octanol–water partition coefficient (Wildman–Crippen LogP) is 6.31. The zero-order chi connectivity index (χ0) is 18.8. The molecule has 0 heterocycles. The molecule has 22 heavy (non-hydrogen) atoms. The van der Waals surface area contributed by atoms with Crippen molar-refractivity contribution in [1.29, 1.82) is 0 Å². The Morgan fingerprint density at radius 2 is 1.27 bits per heavy atom. The van der Waals surface area contributed by atoms with Crippen molar-refractivity contribution in [2.24, 2.45) is 5.92 Å². The molecule has 0 nitrogen and oxygen atoms in total. The van der Waals surface area contributed by atoms with Crippen LogP contribution >= 0.6 is 0 Å². The van der Waals surface area contributed by atoms with Crippen molar-refractivity contribution < 1.29 is 48.3 Å². The Bertz CT molecular complexity index is 312. The zero-order valence-corrected chi connectivity index (χ0v) is 11.3. The van der Waals surface area contributed by atoms with Gasteiger partial charge < -0.3 is 0 Å². The molecule has 0 saturated heterocycles. The minimum atomic E-state index is -5.50. The number of allylic oxidation sites excluding steroid dienone is 3. The molecule has 0 saturated carbocycles.